The first kappa shape index (κ1) is 17.0. The molecule has 2 aromatic rings. The predicted octanol–water partition coefficient (Wildman–Crippen LogP) is 4.06. The molecular formula is C18H22N2O3. The Morgan fingerprint density at radius 1 is 1.00 bits per heavy atom. The molecule has 1 N–H and O–H groups in total. The Labute approximate surface area is 136 Å². The molecule has 0 bridgehead atoms. The lowest BCUT2D eigenvalue weighted by Crippen LogP contribution is -2.12. The fourth-order valence-electron chi connectivity index (χ4n) is 2.12. The maximum absolute atomic E-state index is 10.6. The van der Waals surface area contributed by atoms with Crippen molar-refractivity contribution in [3.8, 4) is 5.75 Å². The molecular weight excluding hydrogens is 292 g/mol. The highest BCUT2D eigenvalue weighted by Gasteiger charge is 2.03. The van der Waals surface area contributed by atoms with E-state index in [-0.39, 0.29) is 10.6 Å². The summed E-state index contributed by atoms with van der Waals surface area (Å²) in [6.45, 7) is 4.32. The topological polar surface area (TPSA) is 64.4 Å². The van der Waals surface area contributed by atoms with Crippen LogP contribution in [0.1, 0.15) is 30.9 Å². The lowest BCUT2D eigenvalue weighted by atomic mass is 10.2. The van der Waals surface area contributed by atoms with Gasteiger partial charge in [-0.3, -0.25) is 10.1 Å². The zero-order valence-electron chi connectivity index (χ0n) is 13.3. The van der Waals surface area contributed by atoms with Gasteiger partial charge in [0, 0.05) is 25.2 Å². The van der Waals surface area contributed by atoms with Gasteiger partial charge in [0.25, 0.3) is 5.69 Å². The largest absolute Gasteiger partial charge is 0.494 e. The van der Waals surface area contributed by atoms with Crippen LogP contribution >= 0.6 is 0 Å². The Morgan fingerprint density at radius 2 is 1.57 bits per heavy atom. The number of non-ortho nitro benzene ring substituents is 1. The van der Waals surface area contributed by atoms with Crippen LogP contribution in [0.2, 0.25) is 0 Å². The van der Waals surface area contributed by atoms with Crippen LogP contribution in [0.25, 0.3) is 0 Å². The molecule has 0 atom stereocenters. The van der Waals surface area contributed by atoms with Gasteiger partial charge in [-0.2, -0.15) is 0 Å². The van der Waals surface area contributed by atoms with E-state index in [9.17, 15) is 10.1 Å². The highest BCUT2D eigenvalue weighted by Crippen LogP contribution is 2.14. The van der Waals surface area contributed by atoms with E-state index in [2.05, 4.69) is 12.2 Å². The van der Waals surface area contributed by atoms with Gasteiger partial charge in [0.1, 0.15) is 5.75 Å². The van der Waals surface area contributed by atoms with E-state index in [0.717, 1.165) is 37.3 Å². The molecule has 0 unspecified atom stereocenters. The first-order chi connectivity index (χ1) is 11.2. The van der Waals surface area contributed by atoms with E-state index in [1.54, 1.807) is 12.1 Å². The molecule has 0 aliphatic rings. The second-order valence-corrected chi connectivity index (χ2v) is 5.37. The number of ether oxygens (including phenoxy) is 1. The minimum Gasteiger partial charge on any atom is -0.494 e. The van der Waals surface area contributed by atoms with Crippen molar-refractivity contribution in [3.63, 3.8) is 0 Å². The predicted molar refractivity (Wildman–Crippen MR) is 90.5 cm³/mol. The lowest BCUT2D eigenvalue weighted by Gasteiger charge is -2.08. The minimum atomic E-state index is -0.388. The van der Waals surface area contributed by atoms with Gasteiger partial charge in [0.2, 0.25) is 0 Å². The Balaban J connectivity index is 1.76. The summed E-state index contributed by atoms with van der Waals surface area (Å²) >= 11 is 0. The molecule has 122 valence electrons. The van der Waals surface area contributed by atoms with E-state index in [1.807, 2.05) is 24.3 Å². The van der Waals surface area contributed by atoms with Gasteiger partial charge < -0.3 is 10.1 Å². The van der Waals surface area contributed by atoms with E-state index in [1.165, 1.54) is 17.7 Å². The third-order valence-electron chi connectivity index (χ3n) is 3.50. The van der Waals surface area contributed by atoms with Crippen LogP contribution in [-0.2, 0) is 13.1 Å². The number of nitro benzene ring substituents is 1. The van der Waals surface area contributed by atoms with E-state index < -0.39 is 0 Å². The second kappa shape index (κ2) is 8.90. The standard InChI is InChI=1S/C18H22N2O3/c1-2-3-12-23-18-10-6-16(7-11-18)14-19-13-15-4-8-17(9-5-15)20(21)22/h4-11,19H,2-3,12-14H2,1H3. The average Bonchev–Trinajstić information content (AvgIpc) is 2.57. The van der Waals surface area contributed by atoms with E-state index >= 15 is 0 Å². The number of nitrogens with one attached hydrogen (secondary N) is 1. The highest BCUT2D eigenvalue weighted by atomic mass is 16.6. The van der Waals surface area contributed by atoms with E-state index in [0.29, 0.717) is 6.54 Å². The molecule has 0 spiro atoms. The van der Waals surface area contributed by atoms with Crippen molar-refractivity contribution < 1.29 is 9.66 Å². The summed E-state index contributed by atoms with van der Waals surface area (Å²) in [6, 6.07) is 14.7. The first-order valence-corrected chi connectivity index (χ1v) is 7.85. The Kier molecular flexibility index (Phi) is 6.56. The normalized spacial score (nSPS) is 10.5. The van der Waals surface area contributed by atoms with Gasteiger partial charge in [-0.05, 0) is 29.7 Å². The van der Waals surface area contributed by atoms with Crippen LogP contribution in [-0.4, -0.2) is 11.5 Å². The highest BCUT2D eigenvalue weighted by molar-refractivity contribution is 5.33. The van der Waals surface area contributed by atoms with Crippen molar-refractivity contribution in [1.29, 1.82) is 0 Å². The molecule has 0 heterocycles. The molecule has 0 aliphatic carbocycles. The zero-order valence-corrected chi connectivity index (χ0v) is 13.3. The quantitative estimate of drug-likeness (QED) is 0.430. The van der Waals surface area contributed by atoms with Crippen molar-refractivity contribution in [2.45, 2.75) is 32.9 Å². The molecule has 0 saturated heterocycles. The van der Waals surface area contributed by atoms with Gasteiger partial charge in [-0.25, -0.2) is 0 Å². The average molecular weight is 314 g/mol. The van der Waals surface area contributed by atoms with Crippen molar-refractivity contribution in [2.24, 2.45) is 0 Å². The van der Waals surface area contributed by atoms with E-state index in [4.69, 9.17) is 4.74 Å². The van der Waals surface area contributed by atoms with Gasteiger partial charge in [0.15, 0.2) is 0 Å². The molecule has 0 radical (unpaired) electrons. The molecule has 0 amide bonds. The lowest BCUT2D eigenvalue weighted by molar-refractivity contribution is -0.384. The van der Waals surface area contributed by atoms with Crippen molar-refractivity contribution in [3.05, 3.63) is 69.8 Å². The number of benzene rings is 2. The Hall–Kier alpha value is -2.40. The molecule has 5 heteroatoms. The maximum atomic E-state index is 10.6. The SMILES string of the molecule is CCCCOc1ccc(CNCc2ccc([N+](=O)[O-])cc2)cc1. The number of rotatable bonds is 9. The number of unbranched alkanes of at least 4 members (excludes halogenated alkanes) is 1. The van der Waals surface area contributed by atoms with Crippen LogP contribution in [0.4, 0.5) is 5.69 Å². The zero-order chi connectivity index (χ0) is 16.5. The van der Waals surface area contributed by atoms with Crippen LogP contribution in [0.5, 0.6) is 5.75 Å². The summed E-state index contributed by atoms with van der Waals surface area (Å²) in [7, 11) is 0. The third kappa shape index (κ3) is 5.71. The van der Waals surface area contributed by atoms with Gasteiger partial charge >= 0.3 is 0 Å². The summed E-state index contributed by atoms with van der Waals surface area (Å²) in [6.07, 6.45) is 2.20. The fraction of sp³-hybridized carbons (Fsp3) is 0.333. The van der Waals surface area contributed by atoms with Crippen molar-refractivity contribution in [2.75, 3.05) is 6.61 Å². The van der Waals surface area contributed by atoms with Gasteiger partial charge in [-0.1, -0.05) is 37.6 Å². The monoisotopic (exact) mass is 314 g/mol. The minimum absolute atomic E-state index is 0.118. The first-order valence-electron chi connectivity index (χ1n) is 7.85. The van der Waals surface area contributed by atoms with Gasteiger partial charge in [0.05, 0.1) is 11.5 Å². The van der Waals surface area contributed by atoms with Gasteiger partial charge in [-0.15, -0.1) is 0 Å². The summed E-state index contributed by atoms with van der Waals surface area (Å²) in [5, 5.41) is 13.9. The van der Waals surface area contributed by atoms with Crippen LogP contribution in [0, 0.1) is 10.1 Å². The molecule has 0 fully saturated rings. The fourth-order valence-corrected chi connectivity index (χ4v) is 2.12. The molecule has 0 aromatic heterocycles. The summed E-state index contributed by atoms with van der Waals surface area (Å²) in [5.41, 5.74) is 2.32. The molecule has 5 nitrogen and oxygen atoms in total. The van der Waals surface area contributed by atoms with Crippen LogP contribution in [0.3, 0.4) is 0 Å². The Bertz CT molecular complexity index is 609. The number of nitro groups is 1. The molecule has 0 aliphatic heterocycles. The third-order valence-corrected chi connectivity index (χ3v) is 3.50. The number of nitrogens with zero attached hydrogens (tertiary/aromatic N) is 1. The summed E-state index contributed by atoms with van der Waals surface area (Å²) in [4.78, 5) is 10.2. The molecule has 2 aromatic carbocycles. The smallest absolute Gasteiger partial charge is 0.269 e. The van der Waals surface area contributed by atoms with Crippen molar-refractivity contribution >= 4 is 5.69 Å². The molecule has 0 saturated carbocycles. The Morgan fingerprint density at radius 3 is 2.09 bits per heavy atom. The van der Waals surface area contributed by atoms with Crippen LogP contribution in [0.15, 0.2) is 48.5 Å². The van der Waals surface area contributed by atoms with Crippen molar-refractivity contribution in [1.82, 2.24) is 5.32 Å². The maximum Gasteiger partial charge on any atom is 0.269 e. The second-order valence-electron chi connectivity index (χ2n) is 5.37. The molecule has 23 heavy (non-hydrogen) atoms. The molecule has 2 rings (SSSR count). The summed E-state index contributed by atoms with van der Waals surface area (Å²) in [5.74, 6) is 0.901. The summed E-state index contributed by atoms with van der Waals surface area (Å²) < 4.78 is 5.63. The number of hydrogen-bond donors (Lipinski definition) is 1. The number of hydrogen-bond acceptors (Lipinski definition) is 4. The van der Waals surface area contributed by atoms with Crippen LogP contribution < -0.4 is 10.1 Å².